The summed E-state index contributed by atoms with van der Waals surface area (Å²) in [4.78, 5) is 10.9. The normalized spacial score (nSPS) is 11.7. The summed E-state index contributed by atoms with van der Waals surface area (Å²) in [5.41, 5.74) is 3.14. The largest absolute Gasteiger partial charge is 0.506 e. The van der Waals surface area contributed by atoms with Crippen LogP contribution in [0, 0.1) is 0 Å². The van der Waals surface area contributed by atoms with Gasteiger partial charge in [-0.25, -0.2) is 4.79 Å². The molecule has 0 aliphatic carbocycles. The number of amidine groups is 1. The van der Waals surface area contributed by atoms with Gasteiger partial charge in [0, 0.05) is 35.1 Å². The Kier molecular flexibility index (Phi) is 8.63. The first kappa shape index (κ1) is 25.2. The van der Waals surface area contributed by atoms with Crippen LogP contribution in [0.2, 0.25) is 0 Å². The SMILES string of the molecule is O=C(O)c1ccccc1NN=C(N=Nc1cc(S(=O)(=O)O)ccc1O)c1ccccc1.[Na]. The van der Waals surface area contributed by atoms with Gasteiger partial charge in [0.05, 0.1) is 16.1 Å². The van der Waals surface area contributed by atoms with Gasteiger partial charge in [-0.05, 0) is 30.3 Å². The number of carboxylic acid groups (broad SMARTS) is 1. The number of para-hydroxylation sites is 1. The number of rotatable bonds is 6. The van der Waals surface area contributed by atoms with Crippen LogP contribution in [0.25, 0.3) is 0 Å². The van der Waals surface area contributed by atoms with Crippen molar-refractivity contribution in [3.8, 4) is 5.75 Å². The van der Waals surface area contributed by atoms with Gasteiger partial charge in [-0.3, -0.25) is 9.98 Å². The van der Waals surface area contributed by atoms with Crippen molar-refractivity contribution in [2.45, 2.75) is 4.90 Å². The zero-order valence-electron chi connectivity index (χ0n) is 16.7. The fourth-order valence-corrected chi connectivity index (χ4v) is 2.96. The number of hydrazone groups is 1. The van der Waals surface area contributed by atoms with Crippen LogP contribution in [-0.4, -0.2) is 64.5 Å². The van der Waals surface area contributed by atoms with Crippen molar-refractivity contribution in [3.05, 3.63) is 83.9 Å². The first-order valence-corrected chi connectivity index (χ1v) is 10.1. The summed E-state index contributed by atoms with van der Waals surface area (Å²) in [6.07, 6.45) is 0. The molecule has 0 aromatic heterocycles. The van der Waals surface area contributed by atoms with Crippen molar-refractivity contribution in [1.82, 2.24) is 0 Å². The summed E-state index contributed by atoms with van der Waals surface area (Å²) >= 11 is 0. The second-order valence-corrected chi connectivity index (χ2v) is 7.51. The second kappa shape index (κ2) is 11.0. The summed E-state index contributed by atoms with van der Waals surface area (Å²) in [5, 5.41) is 31.2. The summed E-state index contributed by atoms with van der Waals surface area (Å²) in [5.74, 6) is -1.49. The number of carboxylic acids is 1. The molecule has 1 radical (unpaired) electrons. The number of anilines is 1. The molecule has 0 amide bonds. The number of phenols is 1. The van der Waals surface area contributed by atoms with Gasteiger partial charge in [0.15, 0.2) is 0 Å². The number of hydrogen-bond donors (Lipinski definition) is 4. The smallest absolute Gasteiger partial charge is 0.337 e. The number of hydrogen-bond acceptors (Lipinski definition) is 7. The molecule has 0 bridgehead atoms. The average Bonchev–Trinajstić information content (AvgIpc) is 2.75. The van der Waals surface area contributed by atoms with E-state index in [1.165, 1.54) is 12.1 Å². The molecule has 3 aromatic rings. The molecule has 0 fully saturated rings. The third kappa shape index (κ3) is 6.45. The predicted octanol–water partition coefficient (Wildman–Crippen LogP) is 3.51. The summed E-state index contributed by atoms with van der Waals surface area (Å²) in [6.45, 7) is 0. The van der Waals surface area contributed by atoms with Gasteiger partial charge in [0.2, 0.25) is 5.84 Å². The number of aromatic carboxylic acids is 1. The first-order chi connectivity index (χ1) is 14.8. The Morgan fingerprint density at radius 1 is 0.938 bits per heavy atom. The van der Waals surface area contributed by atoms with Crippen LogP contribution in [-0.2, 0) is 10.1 Å². The molecule has 159 valence electrons. The molecule has 12 heteroatoms. The molecule has 0 aliphatic heterocycles. The zero-order chi connectivity index (χ0) is 22.4. The standard InChI is InChI=1S/C20H16N4O6S.Na/c25-18-11-10-14(31(28,29)30)12-17(18)22-24-19(13-6-2-1-3-7-13)23-21-16-9-5-4-8-15(16)20(26)27;/h1-12,21,25H,(H,26,27)(H,28,29,30);. The molecule has 3 aromatic carbocycles. The number of phenolic OH excluding ortho intramolecular Hbond substituents is 1. The van der Waals surface area contributed by atoms with Crippen LogP contribution >= 0.6 is 0 Å². The molecular formula is C20H16N4NaO6S. The maximum absolute atomic E-state index is 11.4. The summed E-state index contributed by atoms with van der Waals surface area (Å²) in [7, 11) is -4.50. The number of nitrogens with zero attached hydrogens (tertiary/aromatic N) is 3. The van der Waals surface area contributed by atoms with Crippen molar-refractivity contribution in [2.24, 2.45) is 15.3 Å². The Bertz CT molecular complexity index is 1280. The minimum absolute atomic E-state index is 0. The van der Waals surface area contributed by atoms with Gasteiger partial charge in [-0.1, -0.05) is 42.5 Å². The summed E-state index contributed by atoms with van der Waals surface area (Å²) in [6, 6.07) is 17.7. The van der Waals surface area contributed by atoms with Crippen molar-refractivity contribution in [3.63, 3.8) is 0 Å². The third-order valence-corrected chi connectivity index (χ3v) is 4.82. The molecule has 10 nitrogen and oxygen atoms in total. The minimum atomic E-state index is -4.50. The van der Waals surface area contributed by atoms with Crippen LogP contribution in [0.5, 0.6) is 5.75 Å². The molecule has 32 heavy (non-hydrogen) atoms. The third-order valence-electron chi connectivity index (χ3n) is 3.97. The number of nitrogens with one attached hydrogen (secondary N) is 1. The van der Waals surface area contributed by atoms with E-state index in [1.54, 1.807) is 42.5 Å². The van der Waals surface area contributed by atoms with Crippen molar-refractivity contribution >= 4 is 62.9 Å². The summed E-state index contributed by atoms with van der Waals surface area (Å²) < 4.78 is 31.8. The predicted molar refractivity (Wildman–Crippen MR) is 118 cm³/mol. The van der Waals surface area contributed by atoms with Crippen molar-refractivity contribution in [1.29, 1.82) is 0 Å². The van der Waals surface area contributed by atoms with Crippen molar-refractivity contribution in [2.75, 3.05) is 5.43 Å². The molecule has 0 saturated carbocycles. The molecule has 4 N–H and O–H groups in total. The van der Waals surface area contributed by atoms with Gasteiger partial charge in [0.25, 0.3) is 10.1 Å². The van der Waals surface area contributed by atoms with E-state index in [9.17, 15) is 28.0 Å². The van der Waals surface area contributed by atoms with Gasteiger partial charge in [0.1, 0.15) is 11.4 Å². The topological polar surface area (TPSA) is 161 Å². The Hall–Kier alpha value is -3.09. The Morgan fingerprint density at radius 3 is 2.25 bits per heavy atom. The Morgan fingerprint density at radius 2 is 1.59 bits per heavy atom. The average molecular weight is 463 g/mol. The molecule has 3 rings (SSSR count). The fourth-order valence-electron chi connectivity index (χ4n) is 2.46. The molecule has 0 spiro atoms. The van der Waals surface area contributed by atoms with E-state index >= 15 is 0 Å². The quantitative estimate of drug-likeness (QED) is 0.109. The van der Waals surface area contributed by atoms with Gasteiger partial charge >= 0.3 is 5.97 Å². The van der Waals surface area contributed by atoms with Gasteiger partial charge in [-0.2, -0.15) is 13.5 Å². The molecule has 0 saturated heterocycles. The maximum Gasteiger partial charge on any atom is 0.337 e. The van der Waals surface area contributed by atoms with E-state index < -0.39 is 21.0 Å². The van der Waals surface area contributed by atoms with Gasteiger partial charge in [-0.15, -0.1) is 10.2 Å². The second-order valence-electron chi connectivity index (χ2n) is 6.09. The van der Waals surface area contributed by atoms with E-state index in [2.05, 4.69) is 20.8 Å². The van der Waals surface area contributed by atoms with Crippen LogP contribution in [0.4, 0.5) is 11.4 Å². The van der Waals surface area contributed by atoms with E-state index in [-0.39, 0.29) is 58.1 Å². The molecular weight excluding hydrogens is 447 g/mol. The van der Waals surface area contributed by atoms with Gasteiger partial charge < -0.3 is 10.2 Å². The molecule has 0 unspecified atom stereocenters. The van der Waals surface area contributed by atoms with E-state index in [0.717, 1.165) is 18.2 Å². The van der Waals surface area contributed by atoms with Crippen LogP contribution < -0.4 is 5.43 Å². The van der Waals surface area contributed by atoms with Crippen LogP contribution in [0.1, 0.15) is 15.9 Å². The van der Waals surface area contributed by atoms with Crippen molar-refractivity contribution < 1.29 is 28.0 Å². The molecule has 0 atom stereocenters. The monoisotopic (exact) mass is 463 g/mol. The Labute approximate surface area is 205 Å². The van der Waals surface area contributed by atoms with E-state index in [0.29, 0.717) is 5.56 Å². The number of aromatic hydroxyl groups is 1. The van der Waals surface area contributed by atoms with E-state index in [4.69, 9.17) is 0 Å². The number of carbonyl (C=O) groups is 1. The first-order valence-electron chi connectivity index (χ1n) is 8.69. The zero-order valence-corrected chi connectivity index (χ0v) is 19.6. The molecule has 0 heterocycles. The molecule has 0 aliphatic rings. The van der Waals surface area contributed by atoms with Crippen LogP contribution in [0.3, 0.4) is 0 Å². The number of azo groups is 1. The van der Waals surface area contributed by atoms with E-state index in [1.807, 2.05) is 0 Å². The fraction of sp³-hybridized carbons (Fsp3) is 0. The number of benzene rings is 3. The minimum Gasteiger partial charge on any atom is -0.506 e. The Balaban J connectivity index is 0.00000363. The maximum atomic E-state index is 11.4. The van der Waals surface area contributed by atoms with Crippen LogP contribution in [0.15, 0.2) is 93.0 Å².